The second kappa shape index (κ2) is 2.59. The Morgan fingerprint density at radius 3 is 2.93 bits per heavy atom. The van der Waals surface area contributed by atoms with Crippen LogP contribution in [0.4, 0.5) is 0 Å². The number of fused-ring (bicyclic) bond motifs is 2. The van der Waals surface area contributed by atoms with E-state index in [2.05, 4.69) is 29.6 Å². The maximum absolute atomic E-state index is 11.3. The minimum absolute atomic E-state index is 0.133. The molecule has 1 aromatic rings. The van der Waals surface area contributed by atoms with Crippen molar-refractivity contribution in [2.24, 2.45) is 0 Å². The summed E-state index contributed by atoms with van der Waals surface area (Å²) in [6, 6.07) is 8.53. The number of rotatable bonds is 0. The van der Waals surface area contributed by atoms with Gasteiger partial charge < -0.3 is 5.32 Å². The predicted molar refractivity (Wildman–Crippen MR) is 54.1 cm³/mol. The van der Waals surface area contributed by atoms with Gasteiger partial charge in [0, 0.05) is 18.4 Å². The van der Waals surface area contributed by atoms with Crippen molar-refractivity contribution >= 4 is 5.91 Å². The molecule has 1 aliphatic heterocycles. The molecule has 0 bridgehead atoms. The average Bonchev–Trinajstić information content (AvgIpc) is 2.75. The number of amides is 1. The number of carbonyl (C=O) groups is 1. The molecule has 2 nitrogen and oxygen atoms in total. The average molecular weight is 187 g/mol. The van der Waals surface area contributed by atoms with E-state index >= 15 is 0 Å². The highest BCUT2D eigenvalue weighted by Crippen LogP contribution is 2.43. The van der Waals surface area contributed by atoms with Crippen molar-refractivity contribution in [3.05, 3.63) is 35.4 Å². The fourth-order valence-corrected chi connectivity index (χ4v) is 2.83. The van der Waals surface area contributed by atoms with E-state index < -0.39 is 0 Å². The van der Waals surface area contributed by atoms with E-state index in [4.69, 9.17) is 0 Å². The summed E-state index contributed by atoms with van der Waals surface area (Å²) in [4.78, 5) is 11.3. The van der Waals surface area contributed by atoms with E-state index in [-0.39, 0.29) is 11.3 Å². The molecule has 72 valence electrons. The lowest BCUT2D eigenvalue weighted by Gasteiger charge is -2.21. The minimum atomic E-state index is 0.133. The first-order valence-electron chi connectivity index (χ1n) is 5.15. The molecule has 0 radical (unpaired) electrons. The van der Waals surface area contributed by atoms with Crippen molar-refractivity contribution in [3.63, 3.8) is 0 Å². The highest BCUT2D eigenvalue weighted by Gasteiger charge is 2.43. The first-order valence-corrected chi connectivity index (χ1v) is 5.15. The van der Waals surface area contributed by atoms with Crippen LogP contribution >= 0.6 is 0 Å². The van der Waals surface area contributed by atoms with Gasteiger partial charge in [-0.2, -0.15) is 0 Å². The fraction of sp³-hybridized carbons (Fsp3) is 0.417. The Hall–Kier alpha value is -1.31. The third-order valence-electron chi connectivity index (χ3n) is 3.58. The summed E-state index contributed by atoms with van der Waals surface area (Å²) in [5.74, 6) is 0.210. The van der Waals surface area contributed by atoms with Gasteiger partial charge in [-0.05, 0) is 24.0 Å². The Morgan fingerprint density at radius 1 is 1.29 bits per heavy atom. The van der Waals surface area contributed by atoms with Gasteiger partial charge in [0.1, 0.15) is 0 Å². The molecule has 0 saturated carbocycles. The Kier molecular flexibility index (Phi) is 1.49. The van der Waals surface area contributed by atoms with Crippen molar-refractivity contribution in [2.75, 3.05) is 6.54 Å². The van der Waals surface area contributed by atoms with Crippen LogP contribution in [0.15, 0.2) is 24.3 Å². The largest absolute Gasteiger partial charge is 0.355 e. The number of hydrogen-bond acceptors (Lipinski definition) is 1. The molecule has 3 rings (SSSR count). The lowest BCUT2D eigenvalue weighted by molar-refractivity contribution is -0.119. The molecule has 0 unspecified atom stereocenters. The SMILES string of the molecule is O=C1C[C@@]2(CCc3ccccc32)CN1. The van der Waals surface area contributed by atoms with Crippen LogP contribution in [0.5, 0.6) is 0 Å². The molecule has 1 aromatic carbocycles. The number of aryl methyl sites for hydroxylation is 1. The predicted octanol–water partition coefficient (Wildman–Crippen LogP) is 1.39. The lowest BCUT2D eigenvalue weighted by Crippen LogP contribution is -2.25. The summed E-state index contributed by atoms with van der Waals surface area (Å²) >= 11 is 0. The molecule has 1 heterocycles. The van der Waals surface area contributed by atoms with Crippen LogP contribution in [-0.4, -0.2) is 12.5 Å². The second-order valence-electron chi connectivity index (χ2n) is 4.39. The summed E-state index contributed by atoms with van der Waals surface area (Å²) in [7, 11) is 0. The van der Waals surface area contributed by atoms with E-state index in [1.165, 1.54) is 11.1 Å². The van der Waals surface area contributed by atoms with E-state index in [0.717, 1.165) is 19.4 Å². The summed E-state index contributed by atoms with van der Waals surface area (Å²) in [6.07, 6.45) is 2.94. The molecular weight excluding hydrogens is 174 g/mol. The van der Waals surface area contributed by atoms with Crippen molar-refractivity contribution in [1.29, 1.82) is 0 Å². The molecule has 1 saturated heterocycles. The van der Waals surface area contributed by atoms with Gasteiger partial charge in [0.05, 0.1) is 0 Å². The summed E-state index contributed by atoms with van der Waals surface area (Å²) in [5.41, 5.74) is 2.97. The third kappa shape index (κ3) is 0.939. The van der Waals surface area contributed by atoms with Gasteiger partial charge in [-0.25, -0.2) is 0 Å². The number of benzene rings is 1. The van der Waals surface area contributed by atoms with Crippen LogP contribution in [0, 0.1) is 0 Å². The zero-order valence-electron chi connectivity index (χ0n) is 8.05. The zero-order valence-corrected chi connectivity index (χ0v) is 8.05. The monoisotopic (exact) mass is 187 g/mol. The Bertz CT molecular complexity index is 399. The number of nitrogens with one attached hydrogen (secondary N) is 1. The Morgan fingerprint density at radius 2 is 2.14 bits per heavy atom. The highest BCUT2D eigenvalue weighted by molar-refractivity contribution is 5.81. The van der Waals surface area contributed by atoms with Gasteiger partial charge in [0.25, 0.3) is 0 Å². The molecular formula is C12H13NO. The topological polar surface area (TPSA) is 29.1 Å². The molecule has 2 aliphatic rings. The highest BCUT2D eigenvalue weighted by atomic mass is 16.1. The van der Waals surface area contributed by atoms with Crippen LogP contribution in [0.25, 0.3) is 0 Å². The van der Waals surface area contributed by atoms with Crippen molar-refractivity contribution in [3.8, 4) is 0 Å². The van der Waals surface area contributed by atoms with Gasteiger partial charge in [-0.1, -0.05) is 24.3 Å². The van der Waals surface area contributed by atoms with Crippen LogP contribution in [0.1, 0.15) is 24.0 Å². The summed E-state index contributed by atoms with van der Waals surface area (Å²) in [6.45, 7) is 0.836. The van der Waals surface area contributed by atoms with Crippen molar-refractivity contribution in [2.45, 2.75) is 24.7 Å². The number of hydrogen-bond donors (Lipinski definition) is 1. The van der Waals surface area contributed by atoms with Gasteiger partial charge in [-0.15, -0.1) is 0 Å². The number of carbonyl (C=O) groups excluding carboxylic acids is 1. The molecule has 1 aliphatic carbocycles. The summed E-state index contributed by atoms with van der Waals surface area (Å²) < 4.78 is 0. The van der Waals surface area contributed by atoms with Crippen LogP contribution in [0.3, 0.4) is 0 Å². The van der Waals surface area contributed by atoms with E-state index in [1.807, 2.05) is 0 Å². The lowest BCUT2D eigenvalue weighted by atomic mass is 9.81. The first-order chi connectivity index (χ1) is 6.80. The molecule has 2 heteroatoms. The van der Waals surface area contributed by atoms with Crippen LogP contribution in [-0.2, 0) is 16.6 Å². The van der Waals surface area contributed by atoms with Gasteiger partial charge in [0.2, 0.25) is 5.91 Å². The fourth-order valence-electron chi connectivity index (χ4n) is 2.83. The smallest absolute Gasteiger partial charge is 0.220 e. The van der Waals surface area contributed by atoms with Crippen LogP contribution < -0.4 is 5.32 Å². The molecule has 1 spiro atoms. The van der Waals surface area contributed by atoms with Crippen LogP contribution in [0.2, 0.25) is 0 Å². The van der Waals surface area contributed by atoms with Gasteiger partial charge >= 0.3 is 0 Å². The molecule has 1 atom stereocenters. The molecule has 14 heavy (non-hydrogen) atoms. The van der Waals surface area contributed by atoms with Crippen molar-refractivity contribution < 1.29 is 4.79 Å². The molecule has 1 N–H and O–H groups in total. The Balaban J connectivity index is 2.09. The molecule has 1 amide bonds. The minimum Gasteiger partial charge on any atom is -0.355 e. The third-order valence-corrected chi connectivity index (χ3v) is 3.58. The van der Waals surface area contributed by atoms with E-state index in [9.17, 15) is 4.79 Å². The molecule has 0 aromatic heterocycles. The van der Waals surface area contributed by atoms with Crippen molar-refractivity contribution in [1.82, 2.24) is 5.32 Å². The zero-order chi connectivity index (χ0) is 9.60. The van der Waals surface area contributed by atoms with Gasteiger partial charge in [0.15, 0.2) is 0 Å². The first kappa shape index (κ1) is 8.04. The van der Waals surface area contributed by atoms with E-state index in [0.29, 0.717) is 6.42 Å². The van der Waals surface area contributed by atoms with Gasteiger partial charge in [-0.3, -0.25) is 4.79 Å². The Labute approximate surface area is 83.3 Å². The summed E-state index contributed by atoms with van der Waals surface area (Å²) in [5, 5.41) is 2.95. The maximum Gasteiger partial charge on any atom is 0.220 e. The molecule has 1 fully saturated rings. The second-order valence-corrected chi connectivity index (χ2v) is 4.39. The van der Waals surface area contributed by atoms with E-state index in [1.54, 1.807) is 0 Å². The quantitative estimate of drug-likeness (QED) is 0.653. The normalized spacial score (nSPS) is 29.3. The standard InChI is InChI=1S/C12H13NO/c14-11-7-12(8-13-11)6-5-9-3-1-2-4-10(9)12/h1-4H,5-8H2,(H,13,14)/t12-/m0/s1. The maximum atomic E-state index is 11.3.